The number of likely N-dealkylation sites (tertiary alicyclic amines) is 1. The molecule has 8 heteroatoms. The van der Waals surface area contributed by atoms with Crippen LogP contribution in [0, 0.1) is 5.92 Å². The zero-order valence-corrected chi connectivity index (χ0v) is 16.8. The van der Waals surface area contributed by atoms with Gasteiger partial charge in [-0.1, -0.05) is 13.8 Å². The minimum absolute atomic E-state index is 0.0477. The molecule has 0 spiro atoms. The topological polar surface area (TPSA) is 76.8 Å². The number of piperidine rings is 1. The number of nitrogens with zero attached hydrogens (tertiary/aromatic N) is 6. The first-order valence-electron chi connectivity index (χ1n) is 10.0. The normalized spacial score (nSPS) is 17.1. The maximum absolute atomic E-state index is 15.3. The van der Waals surface area contributed by atoms with Gasteiger partial charge in [0.2, 0.25) is 0 Å². The lowest BCUT2D eigenvalue weighted by Crippen LogP contribution is -2.47. The van der Waals surface area contributed by atoms with E-state index in [1.807, 2.05) is 18.2 Å². The van der Waals surface area contributed by atoms with Crippen LogP contribution < -0.4 is 0 Å². The molecule has 1 aromatic carbocycles. The zero-order chi connectivity index (χ0) is 20.4. The molecule has 0 unspecified atom stereocenters. The van der Waals surface area contributed by atoms with Crippen molar-refractivity contribution in [1.82, 2.24) is 30.1 Å². The molecule has 0 N–H and O–H groups in total. The number of carbonyl (C=O) groups excluding carboxylic acids is 1. The molecule has 0 bridgehead atoms. The predicted octanol–water partition coefficient (Wildman–Crippen LogP) is 2.78. The molecule has 29 heavy (non-hydrogen) atoms. The van der Waals surface area contributed by atoms with Gasteiger partial charge >= 0.3 is 0 Å². The van der Waals surface area contributed by atoms with E-state index in [4.69, 9.17) is 0 Å². The summed E-state index contributed by atoms with van der Waals surface area (Å²) in [4.78, 5) is 16.5. The van der Waals surface area contributed by atoms with E-state index in [0.29, 0.717) is 30.2 Å². The lowest BCUT2D eigenvalue weighted by atomic mass is 9.86. The third kappa shape index (κ3) is 4.32. The lowest BCUT2D eigenvalue weighted by molar-refractivity contribution is -0.133. The molecule has 1 fully saturated rings. The van der Waals surface area contributed by atoms with Gasteiger partial charge in [0, 0.05) is 37.9 Å². The van der Waals surface area contributed by atoms with Crippen LogP contribution in [0.15, 0.2) is 36.7 Å². The van der Waals surface area contributed by atoms with Crippen molar-refractivity contribution in [2.75, 3.05) is 19.6 Å². The van der Waals surface area contributed by atoms with Crippen LogP contribution in [0.1, 0.15) is 32.4 Å². The van der Waals surface area contributed by atoms with E-state index < -0.39 is 11.5 Å². The van der Waals surface area contributed by atoms with Gasteiger partial charge in [-0.3, -0.25) is 4.79 Å². The smallest absolute Gasteiger partial charge is 0.176 e. The molecule has 0 radical (unpaired) electrons. The highest BCUT2D eigenvalue weighted by molar-refractivity contribution is 5.90. The fraction of sp³-hybridized carbons (Fsp3) is 0.476. The maximum Gasteiger partial charge on any atom is 0.176 e. The Labute approximate surface area is 168 Å². The van der Waals surface area contributed by atoms with Gasteiger partial charge in [-0.2, -0.15) is 25.2 Å². The highest BCUT2D eigenvalue weighted by Gasteiger charge is 2.41. The van der Waals surface area contributed by atoms with Crippen molar-refractivity contribution >= 4 is 16.7 Å². The van der Waals surface area contributed by atoms with Crippen LogP contribution in [0.4, 0.5) is 4.39 Å². The first-order chi connectivity index (χ1) is 13.9. The van der Waals surface area contributed by atoms with Gasteiger partial charge in [0.05, 0.1) is 35.7 Å². The third-order valence-corrected chi connectivity index (χ3v) is 5.38. The van der Waals surface area contributed by atoms with Crippen LogP contribution in [0.5, 0.6) is 0 Å². The van der Waals surface area contributed by atoms with E-state index in [-0.39, 0.29) is 19.3 Å². The molecule has 2 aromatic heterocycles. The van der Waals surface area contributed by atoms with Gasteiger partial charge in [0.1, 0.15) is 0 Å². The minimum atomic E-state index is -1.77. The highest BCUT2D eigenvalue weighted by Crippen LogP contribution is 2.29. The van der Waals surface area contributed by atoms with Gasteiger partial charge in [-0.15, -0.1) is 0 Å². The Morgan fingerprint density at radius 3 is 2.55 bits per heavy atom. The Bertz CT molecular complexity index is 996. The van der Waals surface area contributed by atoms with Gasteiger partial charge in [-0.05, 0) is 30.2 Å². The number of Topliss-reactive ketones (excluding diaryl/α,β-unsaturated/α-hetero) is 1. The molecule has 3 heterocycles. The average Bonchev–Trinajstić information content (AvgIpc) is 3.24. The summed E-state index contributed by atoms with van der Waals surface area (Å²) in [6, 6.07) is 7.36. The molecule has 7 nitrogen and oxygen atoms in total. The molecule has 4 rings (SSSR count). The molecule has 1 aliphatic heterocycles. The van der Waals surface area contributed by atoms with Gasteiger partial charge in [0.15, 0.2) is 11.5 Å². The summed E-state index contributed by atoms with van der Waals surface area (Å²) in [5.74, 6) is 0.132. The first-order valence-corrected chi connectivity index (χ1v) is 10.0. The molecule has 0 atom stereocenters. The average molecular weight is 396 g/mol. The largest absolute Gasteiger partial charge is 0.303 e. The summed E-state index contributed by atoms with van der Waals surface area (Å²) in [7, 11) is 0. The van der Waals surface area contributed by atoms with E-state index in [0.717, 1.165) is 17.6 Å². The molecular formula is C21H25FN6O. The summed E-state index contributed by atoms with van der Waals surface area (Å²) in [5.41, 5.74) is 0.196. The molecule has 1 aliphatic rings. The van der Waals surface area contributed by atoms with Crippen LogP contribution in [-0.4, -0.2) is 61.2 Å². The molecule has 0 saturated carbocycles. The predicted molar refractivity (Wildman–Crippen MR) is 108 cm³/mol. The number of hydrogen-bond donors (Lipinski definition) is 0. The van der Waals surface area contributed by atoms with Crippen molar-refractivity contribution in [3.05, 3.63) is 42.4 Å². The summed E-state index contributed by atoms with van der Waals surface area (Å²) >= 11 is 0. The number of halogens is 1. The molecular weight excluding hydrogens is 371 g/mol. The van der Waals surface area contributed by atoms with Crippen molar-refractivity contribution in [3.63, 3.8) is 0 Å². The summed E-state index contributed by atoms with van der Waals surface area (Å²) in [6.07, 6.45) is 3.65. The van der Waals surface area contributed by atoms with Crippen molar-refractivity contribution < 1.29 is 9.18 Å². The standard InChI is InChI=1S/C21H25FN6O/c1-15(2)14-27-9-5-21(22,6-10-27)20(29)13-17-11-16-12-18(28-23-7-8-24-28)3-4-19(16)26-25-17/h3-4,7-8,11-12,15H,5-6,9-10,13-14H2,1-2H3. The van der Waals surface area contributed by atoms with Gasteiger partial charge < -0.3 is 4.90 Å². The van der Waals surface area contributed by atoms with Crippen LogP contribution in [0.25, 0.3) is 16.6 Å². The Kier molecular flexibility index (Phi) is 5.36. The second-order valence-corrected chi connectivity index (χ2v) is 8.16. The molecule has 0 amide bonds. The number of benzene rings is 1. The van der Waals surface area contributed by atoms with Crippen LogP contribution in [-0.2, 0) is 11.2 Å². The number of ketones is 1. The second-order valence-electron chi connectivity index (χ2n) is 8.16. The monoisotopic (exact) mass is 396 g/mol. The number of aromatic nitrogens is 5. The Balaban J connectivity index is 1.48. The highest BCUT2D eigenvalue weighted by atomic mass is 19.1. The van der Waals surface area contributed by atoms with E-state index in [9.17, 15) is 4.79 Å². The van der Waals surface area contributed by atoms with Crippen LogP contribution >= 0.6 is 0 Å². The minimum Gasteiger partial charge on any atom is -0.303 e. The number of alkyl halides is 1. The molecule has 152 valence electrons. The molecule has 1 saturated heterocycles. The zero-order valence-electron chi connectivity index (χ0n) is 16.8. The molecule has 3 aromatic rings. The van der Waals surface area contributed by atoms with Crippen molar-refractivity contribution in [2.24, 2.45) is 5.92 Å². The second kappa shape index (κ2) is 7.94. The van der Waals surface area contributed by atoms with E-state index in [2.05, 4.69) is 39.1 Å². The molecule has 0 aliphatic carbocycles. The van der Waals surface area contributed by atoms with E-state index in [1.165, 1.54) is 4.80 Å². The Morgan fingerprint density at radius 1 is 1.14 bits per heavy atom. The fourth-order valence-electron chi connectivity index (χ4n) is 3.84. The van der Waals surface area contributed by atoms with Crippen molar-refractivity contribution in [2.45, 2.75) is 38.8 Å². The quantitative estimate of drug-likeness (QED) is 0.638. The van der Waals surface area contributed by atoms with E-state index >= 15 is 4.39 Å². The number of rotatable bonds is 6. The summed E-state index contributed by atoms with van der Waals surface area (Å²) < 4.78 is 15.3. The third-order valence-electron chi connectivity index (χ3n) is 5.38. The summed E-state index contributed by atoms with van der Waals surface area (Å²) in [5, 5.41) is 17.4. The maximum atomic E-state index is 15.3. The summed E-state index contributed by atoms with van der Waals surface area (Å²) in [6.45, 7) is 6.46. The van der Waals surface area contributed by atoms with Crippen molar-refractivity contribution in [1.29, 1.82) is 0 Å². The van der Waals surface area contributed by atoms with Crippen molar-refractivity contribution in [3.8, 4) is 5.69 Å². The van der Waals surface area contributed by atoms with Gasteiger partial charge in [-0.25, -0.2) is 4.39 Å². The van der Waals surface area contributed by atoms with Gasteiger partial charge in [0.25, 0.3) is 0 Å². The fourth-order valence-corrected chi connectivity index (χ4v) is 3.84. The number of fused-ring (bicyclic) bond motifs is 1. The van der Waals surface area contributed by atoms with Crippen LogP contribution in [0.3, 0.4) is 0 Å². The van der Waals surface area contributed by atoms with Crippen LogP contribution in [0.2, 0.25) is 0 Å². The lowest BCUT2D eigenvalue weighted by Gasteiger charge is -2.36. The Morgan fingerprint density at radius 2 is 1.86 bits per heavy atom. The Hall–Kier alpha value is -2.74. The van der Waals surface area contributed by atoms with E-state index in [1.54, 1.807) is 18.5 Å². The number of carbonyl (C=O) groups is 1. The SMILES string of the molecule is CC(C)CN1CCC(F)(C(=O)Cc2cc3cc(-n4nccn4)ccc3nn2)CC1. The number of hydrogen-bond acceptors (Lipinski definition) is 6. The first kappa shape index (κ1) is 19.6.